The lowest BCUT2D eigenvalue weighted by atomic mass is 9.98. The van der Waals surface area contributed by atoms with Crippen molar-refractivity contribution in [1.82, 2.24) is 5.43 Å². The minimum atomic E-state index is -0.382. The largest absolute Gasteiger partial charge is 0.494 e. The van der Waals surface area contributed by atoms with Crippen LogP contribution in [0.4, 0.5) is 4.39 Å². The summed E-state index contributed by atoms with van der Waals surface area (Å²) in [5.74, 6) is 5.47. The lowest BCUT2D eigenvalue weighted by Crippen LogP contribution is -2.29. The number of rotatable bonds is 5. The quantitative estimate of drug-likeness (QED) is 0.656. The molecule has 0 bridgehead atoms. The van der Waals surface area contributed by atoms with Crippen molar-refractivity contribution in [3.05, 3.63) is 63.9 Å². The van der Waals surface area contributed by atoms with Crippen LogP contribution in [0.2, 0.25) is 5.02 Å². The third kappa shape index (κ3) is 3.73. The Kier molecular flexibility index (Phi) is 5.17. The molecule has 0 aromatic heterocycles. The molecule has 1 atom stereocenters. The van der Waals surface area contributed by atoms with Crippen LogP contribution in [0.25, 0.3) is 0 Å². The van der Waals surface area contributed by atoms with Crippen LogP contribution < -0.4 is 16.0 Å². The summed E-state index contributed by atoms with van der Waals surface area (Å²) in [6.45, 7) is 1.94. The minimum Gasteiger partial charge on any atom is -0.494 e. The van der Waals surface area contributed by atoms with E-state index in [1.165, 1.54) is 13.2 Å². The predicted octanol–water partition coefficient (Wildman–Crippen LogP) is 3.54. The van der Waals surface area contributed by atoms with Crippen molar-refractivity contribution in [2.45, 2.75) is 19.4 Å². The predicted molar refractivity (Wildman–Crippen MR) is 82.9 cm³/mol. The first kappa shape index (κ1) is 15.8. The molecule has 3 nitrogen and oxygen atoms in total. The SMILES string of the molecule is COc1ccc(CC(NN)c2ccc(C)c(Cl)c2)cc1F. The molecule has 2 aromatic rings. The van der Waals surface area contributed by atoms with Crippen molar-refractivity contribution in [3.63, 3.8) is 0 Å². The Morgan fingerprint density at radius 1 is 1.29 bits per heavy atom. The van der Waals surface area contributed by atoms with Crippen molar-refractivity contribution in [2.75, 3.05) is 7.11 Å². The van der Waals surface area contributed by atoms with Crippen LogP contribution in [-0.2, 0) is 6.42 Å². The summed E-state index contributed by atoms with van der Waals surface area (Å²) in [7, 11) is 1.44. The van der Waals surface area contributed by atoms with Crippen molar-refractivity contribution in [3.8, 4) is 5.75 Å². The number of aryl methyl sites for hydroxylation is 1. The van der Waals surface area contributed by atoms with Gasteiger partial charge in [-0.3, -0.25) is 11.3 Å². The molecule has 0 amide bonds. The number of hydrogen-bond acceptors (Lipinski definition) is 3. The Labute approximate surface area is 128 Å². The summed E-state index contributed by atoms with van der Waals surface area (Å²) in [4.78, 5) is 0. The van der Waals surface area contributed by atoms with Gasteiger partial charge in [0.05, 0.1) is 13.2 Å². The van der Waals surface area contributed by atoms with Gasteiger partial charge in [-0.05, 0) is 48.2 Å². The molecule has 2 rings (SSSR count). The number of nitrogens with two attached hydrogens (primary N) is 1. The summed E-state index contributed by atoms with van der Waals surface area (Å²) >= 11 is 6.14. The normalized spacial score (nSPS) is 12.2. The number of nitrogens with one attached hydrogen (secondary N) is 1. The molecule has 0 saturated heterocycles. The summed E-state index contributed by atoms with van der Waals surface area (Å²) in [6, 6.07) is 10.5. The second-order valence-electron chi connectivity index (χ2n) is 4.90. The fourth-order valence-corrected chi connectivity index (χ4v) is 2.36. The highest BCUT2D eigenvalue weighted by atomic mass is 35.5. The minimum absolute atomic E-state index is 0.143. The summed E-state index contributed by atoms with van der Waals surface area (Å²) in [5, 5.41) is 0.689. The Hall–Kier alpha value is -1.62. The van der Waals surface area contributed by atoms with E-state index in [-0.39, 0.29) is 17.6 Å². The highest BCUT2D eigenvalue weighted by Gasteiger charge is 2.13. The third-order valence-corrected chi connectivity index (χ3v) is 3.86. The number of halogens is 2. The van der Waals surface area contributed by atoms with Crippen molar-refractivity contribution in [2.24, 2.45) is 5.84 Å². The lowest BCUT2D eigenvalue weighted by molar-refractivity contribution is 0.386. The van der Waals surface area contributed by atoms with Gasteiger partial charge >= 0.3 is 0 Å². The van der Waals surface area contributed by atoms with E-state index in [9.17, 15) is 4.39 Å². The topological polar surface area (TPSA) is 47.3 Å². The first-order chi connectivity index (χ1) is 10.0. The standard InChI is InChI=1S/C16H18ClFN2O/c1-10-3-5-12(9-13(10)17)15(20-19)8-11-4-6-16(21-2)14(18)7-11/h3-7,9,15,20H,8,19H2,1-2H3. The van der Waals surface area contributed by atoms with Gasteiger partial charge in [-0.2, -0.15) is 0 Å². The van der Waals surface area contributed by atoms with Gasteiger partial charge in [0, 0.05) is 5.02 Å². The molecule has 0 aliphatic heterocycles. The molecule has 112 valence electrons. The molecule has 1 unspecified atom stereocenters. The first-order valence-electron chi connectivity index (χ1n) is 6.59. The summed E-state index contributed by atoms with van der Waals surface area (Å²) < 4.78 is 18.6. The zero-order valence-corrected chi connectivity index (χ0v) is 12.7. The van der Waals surface area contributed by atoms with Gasteiger partial charge in [0.15, 0.2) is 11.6 Å². The highest BCUT2D eigenvalue weighted by molar-refractivity contribution is 6.31. The molecule has 0 saturated carbocycles. The molecular formula is C16H18ClFN2O. The van der Waals surface area contributed by atoms with Crippen LogP contribution in [-0.4, -0.2) is 7.11 Å². The molecule has 2 aromatic carbocycles. The monoisotopic (exact) mass is 308 g/mol. The molecular weight excluding hydrogens is 291 g/mol. The smallest absolute Gasteiger partial charge is 0.165 e. The number of ether oxygens (including phenoxy) is 1. The van der Waals surface area contributed by atoms with Crippen LogP contribution in [0.1, 0.15) is 22.7 Å². The number of hydrogen-bond donors (Lipinski definition) is 2. The van der Waals surface area contributed by atoms with Gasteiger partial charge in [-0.15, -0.1) is 0 Å². The number of hydrazine groups is 1. The zero-order chi connectivity index (χ0) is 15.4. The van der Waals surface area contributed by atoms with Gasteiger partial charge in [0.2, 0.25) is 0 Å². The van der Waals surface area contributed by atoms with Crippen LogP contribution in [0, 0.1) is 12.7 Å². The Morgan fingerprint density at radius 3 is 2.62 bits per heavy atom. The van der Waals surface area contributed by atoms with Crippen LogP contribution in [0.5, 0.6) is 5.75 Å². The first-order valence-corrected chi connectivity index (χ1v) is 6.97. The van der Waals surface area contributed by atoms with Crippen molar-refractivity contribution >= 4 is 11.6 Å². The van der Waals surface area contributed by atoms with Crippen LogP contribution in [0.15, 0.2) is 36.4 Å². The third-order valence-electron chi connectivity index (χ3n) is 3.46. The average molecular weight is 309 g/mol. The maximum atomic E-state index is 13.7. The van der Waals surface area contributed by atoms with Gasteiger partial charge in [0.25, 0.3) is 0 Å². The fraction of sp³-hybridized carbons (Fsp3) is 0.250. The molecule has 5 heteroatoms. The summed E-state index contributed by atoms with van der Waals surface area (Å²) in [5.41, 5.74) is 5.54. The van der Waals surface area contributed by atoms with E-state index in [1.807, 2.05) is 31.2 Å². The van der Waals surface area contributed by atoms with E-state index in [0.717, 1.165) is 16.7 Å². The van der Waals surface area contributed by atoms with E-state index in [4.69, 9.17) is 22.2 Å². The Balaban J connectivity index is 2.22. The molecule has 0 aliphatic rings. The van der Waals surface area contributed by atoms with Gasteiger partial charge in [-0.25, -0.2) is 4.39 Å². The van der Waals surface area contributed by atoms with Crippen LogP contribution >= 0.6 is 11.6 Å². The molecule has 0 fully saturated rings. The van der Waals surface area contributed by atoms with E-state index < -0.39 is 0 Å². The van der Waals surface area contributed by atoms with E-state index in [1.54, 1.807) is 6.07 Å². The van der Waals surface area contributed by atoms with E-state index in [2.05, 4.69) is 5.43 Å². The second-order valence-corrected chi connectivity index (χ2v) is 5.31. The van der Waals surface area contributed by atoms with Gasteiger partial charge < -0.3 is 4.74 Å². The summed E-state index contributed by atoms with van der Waals surface area (Å²) in [6.07, 6.45) is 0.552. The molecule has 3 N–H and O–H groups in total. The number of methoxy groups -OCH3 is 1. The van der Waals surface area contributed by atoms with Crippen LogP contribution in [0.3, 0.4) is 0 Å². The van der Waals surface area contributed by atoms with E-state index >= 15 is 0 Å². The molecule has 0 heterocycles. The average Bonchev–Trinajstić information content (AvgIpc) is 2.48. The second kappa shape index (κ2) is 6.89. The maximum Gasteiger partial charge on any atom is 0.165 e. The van der Waals surface area contributed by atoms with Crippen molar-refractivity contribution < 1.29 is 9.13 Å². The molecule has 0 radical (unpaired) electrons. The zero-order valence-electron chi connectivity index (χ0n) is 12.0. The maximum absolute atomic E-state index is 13.7. The molecule has 0 aliphatic carbocycles. The molecule has 0 spiro atoms. The Bertz CT molecular complexity index is 634. The lowest BCUT2D eigenvalue weighted by Gasteiger charge is -2.17. The highest BCUT2D eigenvalue weighted by Crippen LogP contribution is 2.25. The fourth-order valence-electron chi connectivity index (χ4n) is 2.17. The van der Waals surface area contributed by atoms with Gasteiger partial charge in [-0.1, -0.05) is 29.8 Å². The van der Waals surface area contributed by atoms with Gasteiger partial charge in [0.1, 0.15) is 0 Å². The van der Waals surface area contributed by atoms with E-state index in [0.29, 0.717) is 11.4 Å². The molecule has 21 heavy (non-hydrogen) atoms. The Morgan fingerprint density at radius 2 is 2.05 bits per heavy atom. The number of benzene rings is 2. The van der Waals surface area contributed by atoms with Crippen molar-refractivity contribution in [1.29, 1.82) is 0 Å².